The van der Waals surface area contributed by atoms with E-state index in [9.17, 15) is 13.6 Å². The maximum atomic E-state index is 13.4. The van der Waals surface area contributed by atoms with Crippen molar-refractivity contribution in [1.82, 2.24) is 10.2 Å². The number of nitrogens with one attached hydrogen (secondary N) is 2. The van der Waals surface area contributed by atoms with Gasteiger partial charge in [-0.15, -0.1) is 0 Å². The van der Waals surface area contributed by atoms with Gasteiger partial charge in [-0.3, -0.25) is 0 Å². The molecular weight excluding hydrogens is 428 g/mol. The van der Waals surface area contributed by atoms with Gasteiger partial charge in [0.15, 0.2) is 23.1 Å². The first-order valence-electron chi connectivity index (χ1n) is 11.4. The van der Waals surface area contributed by atoms with Gasteiger partial charge in [0.1, 0.15) is 0 Å². The predicted molar refractivity (Wildman–Crippen MR) is 123 cm³/mol. The molecule has 1 aliphatic carbocycles. The fraction of sp³-hybridized carbons (Fsp3) is 0.480. The van der Waals surface area contributed by atoms with Gasteiger partial charge in [0.2, 0.25) is 0 Å². The number of carbonyl (C=O) groups excluding carboxylic acids is 1. The second-order valence-electron chi connectivity index (χ2n) is 8.90. The second-order valence-corrected chi connectivity index (χ2v) is 8.90. The smallest absolute Gasteiger partial charge is 0.319 e. The van der Waals surface area contributed by atoms with E-state index in [0.29, 0.717) is 6.61 Å². The van der Waals surface area contributed by atoms with Gasteiger partial charge >= 0.3 is 6.03 Å². The molecule has 4 rings (SSSR count). The molecule has 0 bridgehead atoms. The summed E-state index contributed by atoms with van der Waals surface area (Å²) in [6.07, 6.45) is 3.60. The Morgan fingerprint density at radius 2 is 1.97 bits per heavy atom. The van der Waals surface area contributed by atoms with Crippen molar-refractivity contribution in [3.63, 3.8) is 0 Å². The van der Waals surface area contributed by atoms with Gasteiger partial charge in [-0.25, -0.2) is 13.6 Å². The van der Waals surface area contributed by atoms with E-state index in [0.717, 1.165) is 55.9 Å². The Balaban J connectivity index is 1.48. The average Bonchev–Trinajstić information content (AvgIpc) is 3.13. The molecule has 2 aromatic carbocycles. The lowest BCUT2D eigenvalue weighted by molar-refractivity contribution is 0.156. The normalized spacial score (nSPS) is 24.8. The largest absolute Gasteiger partial charge is 0.493 e. The van der Waals surface area contributed by atoms with E-state index >= 15 is 0 Å². The van der Waals surface area contributed by atoms with Crippen LogP contribution in [0.3, 0.4) is 0 Å². The van der Waals surface area contributed by atoms with Gasteiger partial charge in [-0.2, -0.15) is 0 Å². The molecule has 1 saturated carbocycles. The number of methoxy groups -OCH3 is 1. The number of hydrogen-bond acceptors (Lipinski definition) is 4. The summed E-state index contributed by atoms with van der Waals surface area (Å²) >= 11 is 0. The minimum atomic E-state index is -0.992. The zero-order valence-corrected chi connectivity index (χ0v) is 19.3. The summed E-state index contributed by atoms with van der Waals surface area (Å²) in [6.45, 7) is 3.50. The van der Waals surface area contributed by atoms with Crippen LogP contribution in [0, 0.1) is 11.6 Å². The minimum Gasteiger partial charge on any atom is -0.493 e. The number of rotatable bonds is 6. The average molecular weight is 460 g/mol. The van der Waals surface area contributed by atoms with E-state index in [1.165, 1.54) is 11.6 Å². The first-order chi connectivity index (χ1) is 15.9. The molecule has 1 saturated heterocycles. The van der Waals surface area contributed by atoms with Gasteiger partial charge in [0.05, 0.1) is 13.7 Å². The lowest BCUT2D eigenvalue weighted by atomic mass is 9.65. The highest BCUT2D eigenvalue weighted by atomic mass is 19.2. The van der Waals surface area contributed by atoms with Crippen molar-refractivity contribution >= 4 is 11.7 Å². The van der Waals surface area contributed by atoms with Gasteiger partial charge in [-0.05, 0) is 76.0 Å². The third kappa shape index (κ3) is 4.62. The summed E-state index contributed by atoms with van der Waals surface area (Å²) in [5.74, 6) is -0.455. The molecule has 0 spiro atoms. The fourth-order valence-electron chi connectivity index (χ4n) is 5.43. The number of likely N-dealkylation sites (N-methyl/N-ethyl adjacent to an activating group) is 1. The number of benzene rings is 2. The van der Waals surface area contributed by atoms with Crippen LogP contribution in [0.5, 0.6) is 11.5 Å². The summed E-state index contributed by atoms with van der Waals surface area (Å²) in [7, 11) is 3.77. The Labute approximate surface area is 193 Å². The van der Waals surface area contributed by atoms with E-state index in [2.05, 4.69) is 34.7 Å². The van der Waals surface area contributed by atoms with Crippen molar-refractivity contribution in [3.8, 4) is 11.5 Å². The van der Waals surface area contributed by atoms with Crippen molar-refractivity contribution in [1.29, 1.82) is 0 Å². The summed E-state index contributed by atoms with van der Waals surface area (Å²) in [4.78, 5) is 14.9. The second kappa shape index (κ2) is 9.55. The van der Waals surface area contributed by atoms with Crippen LogP contribution in [0.4, 0.5) is 19.3 Å². The molecule has 3 atom stereocenters. The number of halogens is 2. The molecule has 1 aliphatic heterocycles. The van der Waals surface area contributed by atoms with Crippen LogP contribution in [0.2, 0.25) is 0 Å². The Kier molecular flexibility index (Phi) is 6.74. The third-order valence-electron chi connectivity index (χ3n) is 7.08. The fourth-order valence-corrected chi connectivity index (χ4v) is 5.43. The first kappa shape index (κ1) is 23.3. The van der Waals surface area contributed by atoms with Crippen LogP contribution in [0.1, 0.15) is 38.2 Å². The number of hydrogen-bond donors (Lipinski definition) is 2. The van der Waals surface area contributed by atoms with Crippen LogP contribution in [0.15, 0.2) is 36.4 Å². The molecular formula is C25H31F2N3O3. The molecule has 33 heavy (non-hydrogen) atoms. The zero-order valence-electron chi connectivity index (χ0n) is 19.3. The molecule has 2 aliphatic rings. The first-order valence-corrected chi connectivity index (χ1v) is 11.4. The van der Waals surface area contributed by atoms with E-state index in [1.807, 2.05) is 13.0 Å². The highest BCUT2D eigenvalue weighted by Gasteiger charge is 2.50. The van der Waals surface area contributed by atoms with Crippen LogP contribution in [0.25, 0.3) is 0 Å². The summed E-state index contributed by atoms with van der Waals surface area (Å²) in [5, 5.41) is 5.62. The number of ether oxygens (including phenoxy) is 2. The highest BCUT2D eigenvalue weighted by molar-refractivity contribution is 5.89. The van der Waals surface area contributed by atoms with Crippen molar-refractivity contribution in [3.05, 3.63) is 53.6 Å². The van der Waals surface area contributed by atoms with Crippen molar-refractivity contribution in [2.24, 2.45) is 0 Å². The van der Waals surface area contributed by atoms with Crippen molar-refractivity contribution in [2.75, 3.05) is 32.6 Å². The maximum absolute atomic E-state index is 13.4. The van der Waals surface area contributed by atoms with Crippen LogP contribution in [-0.2, 0) is 5.41 Å². The Morgan fingerprint density at radius 1 is 1.15 bits per heavy atom. The Hall–Kier alpha value is -2.87. The van der Waals surface area contributed by atoms with Crippen molar-refractivity contribution in [2.45, 2.75) is 50.1 Å². The maximum Gasteiger partial charge on any atom is 0.319 e. The number of amides is 2. The quantitative estimate of drug-likeness (QED) is 0.658. The Bertz CT molecular complexity index is 1020. The molecule has 8 heteroatoms. The monoisotopic (exact) mass is 459 g/mol. The predicted octanol–water partition coefficient (Wildman–Crippen LogP) is 4.69. The molecule has 2 amide bonds. The number of carbonyl (C=O) groups is 1. The van der Waals surface area contributed by atoms with Gasteiger partial charge in [-0.1, -0.05) is 6.07 Å². The number of anilines is 1. The molecule has 2 aromatic rings. The molecule has 0 radical (unpaired) electrons. The highest BCUT2D eigenvalue weighted by Crippen LogP contribution is 2.49. The Morgan fingerprint density at radius 3 is 2.70 bits per heavy atom. The number of likely N-dealkylation sites (tertiary alicyclic amines) is 1. The number of nitrogens with zero attached hydrogens (tertiary/aromatic N) is 1. The summed E-state index contributed by atoms with van der Waals surface area (Å²) in [6, 6.07) is 9.38. The zero-order chi connectivity index (χ0) is 23.6. The molecule has 0 unspecified atom stereocenters. The van der Waals surface area contributed by atoms with E-state index in [4.69, 9.17) is 9.47 Å². The lowest BCUT2D eigenvalue weighted by Crippen LogP contribution is -2.52. The molecule has 6 nitrogen and oxygen atoms in total. The van der Waals surface area contributed by atoms with Gasteiger partial charge in [0, 0.05) is 29.3 Å². The third-order valence-corrected chi connectivity index (χ3v) is 7.08. The standard InChI is InChI=1S/C25H31F2N3O3/c1-4-33-22-13-16(5-8-21(22)32-3)25-10-9-18(15-23(25)30(2)12-11-25)29-24(31)28-17-6-7-19(26)20(27)14-17/h5-8,13-14,18,23H,4,9-12,15H2,1-3H3,(H2,28,29,31)/t18-,23+,25+/m1/s1. The van der Waals surface area contributed by atoms with Gasteiger partial charge < -0.3 is 25.0 Å². The molecule has 0 aromatic heterocycles. The number of fused-ring (bicyclic) bond motifs is 1. The molecule has 1 heterocycles. The molecule has 2 N–H and O–H groups in total. The van der Waals surface area contributed by atoms with Crippen LogP contribution < -0.4 is 20.1 Å². The van der Waals surface area contributed by atoms with Crippen molar-refractivity contribution < 1.29 is 23.0 Å². The van der Waals surface area contributed by atoms with E-state index < -0.39 is 17.7 Å². The minimum absolute atomic E-state index is 0.0123. The molecule has 2 fully saturated rings. The molecule has 178 valence electrons. The summed E-state index contributed by atoms with van der Waals surface area (Å²) in [5.41, 5.74) is 1.45. The number of urea groups is 1. The van der Waals surface area contributed by atoms with Crippen LogP contribution >= 0.6 is 0 Å². The van der Waals surface area contributed by atoms with Gasteiger partial charge in [0.25, 0.3) is 0 Å². The van der Waals surface area contributed by atoms with Crippen LogP contribution in [-0.4, -0.2) is 50.3 Å². The topological polar surface area (TPSA) is 62.8 Å². The van der Waals surface area contributed by atoms with E-state index in [-0.39, 0.29) is 23.2 Å². The van der Waals surface area contributed by atoms with E-state index in [1.54, 1.807) is 7.11 Å². The summed E-state index contributed by atoms with van der Waals surface area (Å²) < 4.78 is 37.9. The lowest BCUT2D eigenvalue weighted by Gasteiger charge is -2.45. The SMILES string of the molecule is CCOc1cc([C@@]23CC[C@@H](NC(=O)Nc4ccc(F)c(F)c4)C[C@@H]2N(C)CC3)ccc1OC.